The van der Waals surface area contributed by atoms with Crippen LogP contribution in [0.1, 0.15) is 17.8 Å². The number of aromatic amines is 1. The molecule has 16 heavy (non-hydrogen) atoms. The summed E-state index contributed by atoms with van der Waals surface area (Å²) < 4.78 is 0. The van der Waals surface area contributed by atoms with Crippen molar-refractivity contribution < 1.29 is 0 Å². The van der Waals surface area contributed by atoms with Crippen molar-refractivity contribution in [2.75, 3.05) is 6.54 Å². The number of aryl methyl sites for hydroxylation is 1. The molecule has 0 fully saturated rings. The van der Waals surface area contributed by atoms with Gasteiger partial charge in [-0.3, -0.25) is 4.99 Å². The van der Waals surface area contributed by atoms with Gasteiger partial charge in [0.2, 0.25) is 0 Å². The Kier molecular flexibility index (Phi) is 2.10. The van der Waals surface area contributed by atoms with Gasteiger partial charge in [0.15, 0.2) is 5.82 Å². The molecule has 80 valence electrons. The van der Waals surface area contributed by atoms with Crippen LogP contribution in [0, 0.1) is 6.92 Å². The molecule has 1 aromatic carbocycles. The number of allylic oxidation sites excluding steroid dienone is 1. The zero-order valence-electron chi connectivity index (χ0n) is 9.20. The molecular formula is C13H13N3. The van der Waals surface area contributed by atoms with Gasteiger partial charge in [-0.2, -0.15) is 0 Å². The van der Waals surface area contributed by atoms with Crippen molar-refractivity contribution in [1.82, 2.24) is 9.97 Å². The number of nitrogens with one attached hydrogen (secondary N) is 1. The lowest BCUT2D eigenvalue weighted by Crippen LogP contribution is -2.04. The van der Waals surface area contributed by atoms with Crippen molar-refractivity contribution in [1.29, 1.82) is 0 Å². The second kappa shape index (κ2) is 3.59. The largest absolute Gasteiger partial charge is 0.337 e. The molecule has 0 saturated carbocycles. The third-order valence-electron chi connectivity index (χ3n) is 2.73. The lowest BCUT2D eigenvalue weighted by atomic mass is 10.2. The van der Waals surface area contributed by atoms with E-state index in [1.54, 1.807) is 0 Å². The first-order valence-electron chi connectivity index (χ1n) is 5.51. The van der Waals surface area contributed by atoms with Crippen LogP contribution in [0.5, 0.6) is 0 Å². The van der Waals surface area contributed by atoms with E-state index in [4.69, 9.17) is 0 Å². The van der Waals surface area contributed by atoms with Gasteiger partial charge < -0.3 is 4.98 Å². The number of fused-ring (bicyclic) bond motifs is 1. The molecule has 3 rings (SSSR count). The standard InChI is InChI=1S/C13H13N3/c1-9-5-6-10-12(8-9)16-13(15-10)11-4-2-3-7-14-11/h2,4-6,8H,3,7H2,1H3,(H,15,16). The van der Waals surface area contributed by atoms with Crippen molar-refractivity contribution in [2.24, 2.45) is 4.99 Å². The maximum atomic E-state index is 4.54. The monoisotopic (exact) mass is 211 g/mol. The minimum Gasteiger partial charge on any atom is -0.337 e. The lowest BCUT2D eigenvalue weighted by Gasteiger charge is -2.01. The Balaban J connectivity index is 2.11. The molecule has 0 amide bonds. The van der Waals surface area contributed by atoms with Crippen LogP contribution in [0.3, 0.4) is 0 Å². The highest BCUT2D eigenvalue weighted by Crippen LogP contribution is 2.14. The van der Waals surface area contributed by atoms with Crippen LogP contribution >= 0.6 is 0 Å². The quantitative estimate of drug-likeness (QED) is 0.774. The van der Waals surface area contributed by atoms with Gasteiger partial charge in [-0.05, 0) is 37.1 Å². The minimum atomic E-state index is 0.863. The van der Waals surface area contributed by atoms with E-state index in [-0.39, 0.29) is 0 Å². The van der Waals surface area contributed by atoms with E-state index < -0.39 is 0 Å². The van der Waals surface area contributed by atoms with E-state index in [2.05, 4.69) is 40.1 Å². The molecule has 2 aromatic rings. The van der Waals surface area contributed by atoms with Crippen molar-refractivity contribution in [3.63, 3.8) is 0 Å². The van der Waals surface area contributed by atoms with E-state index in [0.29, 0.717) is 0 Å². The summed E-state index contributed by atoms with van der Waals surface area (Å²) in [6.45, 7) is 2.94. The molecule has 0 atom stereocenters. The first kappa shape index (κ1) is 9.33. The molecule has 1 aliphatic heterocycles. The number of hydrogen-bond acceptors (Lipinski definition) is 2. The summed E-state index contributed by atoms with van der Waals surface area (Å²) in [6.07, 6.45) is 5.21. The van der Waals surface area contributed by atoms with Crippen LogP contribution in [0.4, 0.5) is 0 Å². The summed E-state index contributed by atoms with van der Waals surface area (Å²) in [5.41, 5.74) is 4.28. The third kappa shape index (κ3) is 1.54. The highest BCUT2D eigenvalue weighted by molar-refractivity contribution is 6.07. The number of dihydropyridines is 1. The van der Waals surface area contributed by atoms with Crippen LogP contribution in [0.25, 0.3) is 11.0 Å². The fourth-order valence-corrected chi connectivity index (χ4v) is 1.91. The zero-order valence-corrected chi connectivity index (χ0v) is 9.20. The van der Waals surface area contributed by atoms with Gasteiger partial charge >= 0.3 is 0 Å². The van der Waals surface area contributed by atoms with Gasteiger partial charge in [0.05, 0.1) is 16.7 Å². The molecule has 3 heteroatoms. The topological polar surface area (TPSA) is 41.0 Å². The Hall–Kier alpha value is -1.90. The Morgan fingerprint density at radius 2 is 2.25 bits per heavy atom. The molecule has 1 aromatic heterocycles. The predicted molar refractivity (Wildman–Crippen MR) is 66.0 cm³/mol. The Labute approximate surface area is 93.9 Å². The van der Waals surface area contributed by atoms with Crippen molar-refractivity contribution >= 4 is 16.7 Å². The van der Waals surface area contributed by atoms with Crippen LogP contribution in [0.15, 0.2) is 35.3 Å². The fourth-order valence-electron chi connectivity index (χ4n) is 1.91. The van der Waals surface area contributed by atoms with Gasteiger partial charge in [-0.25, -0.2) is 4.98 Å². The van der Waals surface area contributed by atoms with Crippen LogP contribution in [0.2, 0.25) is 0 Å². The average Bonchev–Trinajstić information content (AvgIpc) is 2.73. The molecule has 2 heterocycles. The summed E-state index contributed by atoms with van der Waals surface area (Å²) in [5.74, 6) is 0.872. The smallest absolute Gasteiger partial charge is 0.156 e. The molecule has 1 aliphatic rings. The number of aromatic nitrogens is 2. The predicted octanol–water partition coefficient (Wildman–Crippen LogP) is 2.62. The number of rotatable bonds is 1. The van der Waals surface area contributed by atoms with Crippen molar-refractivity contribution in [3.05, 3.63) is 41.7 Å². The first-order chi connectivity index (χ1) is 7.83. The highest BCUT2D eigenvalue weighted by Gasteiger charge is 2.08. The molecule has 3 nitrogen and oxygen atoms in total. The number of aliphatic imine (C=N–C) groups is 1. The van der Waals surface area contributed by atoms with E-state index >= 15 is 0 Å². The number of benzene rings is 1. The van der Waals surface area contributed by atoms with Gasteiger partial charge in [0, 0.05) is 6.54 Å². The number of nitrogens with zero attached hydrogens (tertiary/aromatic N) is 2. The maximum absolute atomic E-state index is 4.54. The van der Waals surface area contributed by atoms with Gasteiger partial charge in [-0.15, -0.1) is 0 Å². The summed E-state index contributed by atoms with van der Waals surface area (Å²) in [6, 6.07) is 6.22. The number of H-pyrrole nitrogens is 1. The van der Waals surface area contributed by atoms with Crippen LogP contribution in [-0.2, 0) is 0 Å². The molecule has 0 spiro atoms. The second-order valence-electron chi connectivity index (χ2n) is 4.06. The van der Waals surface area contributed by atoms with E-state index in [9.17, 15) is 0 Å². The third-order valence-corrected chi connectivity index (χ3v) is 2.73. The van der Waals surface area contributed by atoms with E-state index in [1.807, 2.05) is 12.1 Å². The van der Waals surface area contributed by atoms with Crippen LogP contribution in [-0.4, -0.2) is 22.2 Å². The maximum Gasteiger partial charge on any atom is 0.156 e. The minimum absolute atomic E-state index is 0.863. The van der Waals surface area contributed by atoms with Crippen molar-refractivity contribution in [2.45, 2.75) is 13.3 Å². The summed E-state index contributed by atoms with van der Waals surface area (Å²) in [4.78, 5) is 12.3. The van der Waals surface area contributed by atoms with Crippen LogP contribution < -0.4 is 0 Å². The Morgan fingerprint density at radius 1 is 1.31 bits per heavy atom. The van der Waals surface area contributed by atoms with Gasteiger partial charge in [0.25, 0.3) is 0 Å². The molecule has 0 saturated heterocycles. The van der Waals surface area contributed by atoms with E-state index in [1.165, 1.54) is 5.56 Å². The van der Waals surface area contributed by atoms with Crippen molar-refractivity contribution in [3.8, 4) is 0 Å². The SMILES string of the molecule is Cc1ccc2nc(C3=NCCC=C3)[nH]c2c1. The summed E-state index contributed by atoms with van der Waals surface area (Å²) in [7, 11) is 0. The number of hydrogen-bond donors (Lipinski definition) is 1. The average molecular weight is 211 g/mol. The molecule has 0 radical (unpaired) electrons. The molecule has 1 N–H and O–H groups in total. The molecule has 0 unspecified atom stereocenters. The highest BCUT2D eigenvalue weighted by atomic mass is 14.9. The fraction of sp³-hybridized carbons (Fsp3) is 0.231. The second-order valence-corrected chi connectivity index (χ2v) is 4.06. The normalized spacial score (nSPS) is 15.4. The summed E-state index contributed by atoms with van der Waals surface area (Å²) in [5, 5.41) is 0. The van der Waals surface area contributed by atoms with E-state index in [0.717, 1.165) is 35.5 Å². The first-order valence-corrected chi connectivity index (χ1v) is 5.51. The van der Waals surface area contributed by atoms with Gasteiger partial charge in [0.1, 0.15) is 0 Å². The summed E-state index contributed by atoms with van der Waals surface area (Å²) >= 11 is 0. The Bertz CT molecular complexity index is 590. The zero-order chi connectivity index (χ0) is 11.0. The van der Waals surface area contributed by atoms with Gasteiger partial charge in [-0.1, -0.05) is 12.1 Å². The lowest BCUT2D eigenvalue weighted by molar-refractivity contribution is 0.989. The molecule has 0 aliphatic carbocycles. The molecular weight excluding hydrogens is 198 g/mol. The molecule has 0 bridgehead atoms. The number of imidazole rings is 1. The Morgan fingerprint density at radius 3 is 3.06 bits per heavy atom.